The van der Waals surface area contributed by atoms with Crippen LogP contribution in [0.2, 0.25) is 0 Å². The van der Waals surface area contributed by atoms with Gasteiger partial charge in [-0.3, -0.25) is 0 Å². The number of hydrogen-bond donors (Lipinski definition) is 1. The van der Waals surface area contributed by atoms with E-state index in [-0.39, 0.29) is 0 Å². The van der Waals surface area contributed by atoms with Crippen molar-refractivity contribution in [1.82, 2.24) is 0 Å². The van der Waals surface area contributed by atoms with Crippen molar-refractivity contribution in [3.8, 4) is 0 Å². The number of rotatable bonds is 6. The van der Waals surface area contributed by atoms with Gasteiger partial charge in [0.15, 0.2) is 69.8 Å². The Hall–Kier alpha value is -4.50. The fourth-order valence-electron chi connectivity index (χ4n) is 9.02. The van der Waals surface area contributed by atoms with E-state index in [9.17, 15) is 52.7 Å². The van der Waals surface area contributed by atoms with Crippen LogP contribution in [-0.4, -0.2) is 24.3 Å². The highest BCUT2D eigenvalue weighted by Crippen LogP contribution is 2.33. The highest BCUT2D eigenvalue weighted by Gasteiger charge is 2.52. The Balaban J connectivity index is 0.000000366. The van der Waals surface area contributed by atoms with Crippen molar-refractivity contribution in [2.24, 2.45) is 0 Å². The van der Waals surface area contributed by atoms with Crippen LogP contribution in [0.5, 0.6) is 0 Å². The molecule has 0 spiro atoms. The van der Waals surface area contributed by atoms with Gasteiger partial charge in [0.25, 0.3) is 0 Å². The molecule has 4 aromatic rings. The van der Waals surface area contributed by atoms with Crippen LogP contribution in [0.25, 0.3) is 0 Å². The monoisotopic (exact) mass is 903 g/mol. The van der Waals surface area contributed by atoms with Gasteiger partial charge in [-0.1, -0.05) is 12.8 Å². The Morgan fingerprint density at radius 2 is 0.426 bits per heavy atom. The number of hydrogen-bond acceptors (Lipinski definition) is 0. The van der Waals surface area contributed by atoms with Gasteiger partial charge in [0, 0.05) is 25.7 Å². The average Bonchev–Trinajstić information content (AvgIpc) is 3.24. The largest absolute Gasteiger partial charge is 0.328 e. The van der Waals surface area contributed by atoms with E-state index in [1.165, 1.54) is 64.2 Å². The fourth-order valence-corrected chi connectivity index (χ4v) is 9.02. The Kier molecular flexibility index (Phi) is 13.2. The van der Waals surface area contributed by atoms with Crippen LogP contribution >= 0.6 is 0 Å². The maximum Gasteiger partial charge on any atom is 0.200 e. The minimum absolute atomic E-state index is 0.574. The number of benzene rings is 4. The SMILES string of the molecule is C[NH+](C1(C)CCCCC1)C1(C)CCCCC1.Fc1c(F)c(F)c([B-](c2c(F)c(F)c(F)c(F)c2F)(c2c(F)c(F)c(F)c(F)c2F)c2c(F)c(F)c(F)c(F)c2F)c(F)c1F. The first kappa shape index (κ1) is 47.6. The predicted molar refractivity (Wildman–Crippen MR) is 179 cm³/mol. The molecule has 61 heavy (non-hydrogen) atoms. The van der Waals surface area contributed by atoms with Crippen LogP contribution in [0.15, 0.2) is 0 Å². The van der Waals surface area contributed by atoms with Crippen LogP contribution in [0, 0.1) is 116 Å². The van der Waals surface area contributed by atoms with Gasteiger partial charge in [0.1, 0.15) is 52.7 Å². The number of quaternary nitrogens is 1. The van der Waals surface area contributed by atoms with Crippen molar-refractivity contribution in [3.63, 3.8) is 0 Å². The standard InChI is InChI=1S/C24BF20.C15H29N/c26-5-1(6(27)14(35)21(42)13(5)34)25(2-7(28)15(36)22(43)16(37)8(2)29,3-9(30)17(38)23(44)18(39)10(3)31)4-11(32)19(40)24(45)20(41)12(4)33;1-14(10-6-4-7-11-14)16(3)15(2)12-8-5-9-13-15/h;4-13H2,1-3H3/q-1;/p+1. The summed E-state index contributed by atoms with van der Waals surface area (Å²) in [7, 11) is 2.48. The molecule has 1 nitrogen and oxygen atoms in total. The molecule has 6 rings (SSSR count). The van der Waals surface area contributed by atoms with Gasteiger partial charge in [-0.2, -0.15) is 0 Å². The van der Waals surface area contributed by atoms with Crippen LogP contribution < -0.4 is 26.8 Å². The number of halogens is 20. The van der Waals surface area contributed by atoms with Gasteiger partial charge in [-0.15, -0.1) is 21.9 Å². The second-order valence-electron chi connectivity index (χ2n) is 15.7. The summed E-state index contributed by atoms with van der Waals surface area (Å²) in [6.07, 6.45) is 7.39. The van der Waals surface area contributed by atoms with E-state index < -0.39 is 144 Å². The summed E-state index contributed by atoms with van der Waals surface area (Å²) >= 11 is 0. The molecule has 334 valence electrons. The predicted octanol–water partition coefficient (Wildman–Crippen LogP) is 8.79. The van der Waals surface area contributed by atoms with Crippen molar-refractivity contribution < 1.29 is 92.7 Å². The molecule has 1 N–H and O–H groups in total. The molecular weight excluding hydrogens is 873 g/mol. The van der Waals surface area contributed by atoms with Gasteiger partial charge < -0.3 is 4.90 Å². The van der Waals surface area contributed by atoms with Crippen LogP contribution in [-0.2, 0) is 0 Å². The van der Waals surface area contributed by atoms with Gasteiger partial charge in [0.05, 0.1) is 18.1 Å². The Morgan fingerprint density at radius 1 is 0.279 bits per heavy atom. The lowest BCUT2D eigenvalue weighted by Crippen LogP contribution is -3.24. The summed E-state index contributed by atoms with van der Waals surface area (Å²) < 4.78 is 294. The molecule has 0 amide bonds. The van der Waals surface area contributed by atoms with E-state index in [1.807, 2.05) is 4.90 Å². The van der Waals surface area contributed by atoms with E-state index in [0.717, 1.165) is 0 Å². The second-order valence-corrected chi connectivity index (χ2v) is 15.7. The van der Waals surface area contributed by atoms with Crippen molar-refractivity contribution in [1.29, 1.82) is 0 Å². The molecule has 0 unspecified atom stereocenters. The molecule has 0 aromatic heterocycles. The van der Waals surface area contributed by atoms with Gasteiger partial charge in [-0.05, 0) is 39.5 Å². The van der Waals surface area contributed by atoms with Gasteiger partial charge in [-0.25, -0.2) is 87.8 Å². The zero-order valence-electron chi connectivity index (χ0n) is 31.7. The van der Waals surface area contributed by atoms with Gasteiger partial charge in [0.2, 0.25) is 0 Å². The molecule has 2 aliphatic rings. The summed E-state index contributed by atoms with van der Waals surface area (Å²) in [5.41, 5.74) is -13.2. The van der Waals surface area contributed by atoms with E-state index >= 15 is 35.1 Å². The molecule has 4 aromatic carbocycles. The Bertz CT molecular complexity index is 1980. The molecule has 22 heteroatoms. The first-order chi connectivity index (χ1) is 28.3. The van der Waals surface area contributed by atoms with Crippen LogP contribution in [0.3, 0.4) is 0 Å². The van der Waals surface area contributed by atoms with Gasteiger partial charge >= 0.3 is 0 Å². The van der Waals surface area contributed by atoms with Crippen molar-refractivity contribution >= 4 is 28.0 Å². The van der Waals surface area contributed by atoms with Crippen LogP contribution in [0.4, 0.5) is 87.8 Å². The smallest absolute Gasteiger partial charge is 0.200 e. The fraction of sp³-hybridized carbons (Fsp3) is 0.385. The molecule has 0 atom stereocenters. The first-order valence-electron chi connectivity index (χ1n) is 18.3. The second kappa shape index (κ2) is 17.0. The summed E-state index contributed by atoms with van der Waals surface area (Å²) in [5.74, 6) is -71.4. The number of nitrogens with one attached hydrogen (secondary N) is 1. The zero-order chi connectivity index (χ0) is 46.0. The third-order valence-electron chi connectivity index (χ3n) is 12.4. The first-order valence-corrected chi connectivity index (χ1v) is 18.3. The summed E-state index contributed by atoms with van der Waals surface area (Å²) in [4.78, 5) is 1.85. The lowest BCUT2D eigenvalue weighted by Gasteiger charge is -2.49. The molecule has 0 saturated heterocycles. The van der Waals surface area contributed by atoms with E-state index in [2.05, 4.69) is 20.9 Å². The van der Waals surface area contributed by atoms with E-state index in [4.69, 9.17) is 0 Å². The van der Waals surface area contributed by atoms with Crippen molar-refractivity contribution in [2.45, 2.75) is 89.1 Å². The average molecular weight is 903 g/mol. The van der Waals surface area contributed by atoms with Crippen LogP contribution in [0.1, 0.15) is 78.1 Å². The molecule has 0 heterocycles. The molecule has 2 saturated carbocycles. The maximum absolute atomic E-state index is 15.4. The summed E-state index contributed by atoms with van der Waals surface area (Å²) in [6.45, 7) is 5.09. The van der Waals surface area contributed by atoms with E-state index in [1.54, 1.807) is 0 Å². The lowest BCUT2D eigenvalue weighted by atomic mass is 9.12. The Morgan fingerprint density at radius 3 is 0.590 bits per heavy atom. The lowest BCUT2D eigenvalue weighted by molar-refractivity contribution is -0.983. The third kappa shape index (κ3) is 7.30. The minimum atomic E-state index is -7.22. The normalized spacial score (nSPS) is 16.5. The summed E-state index contributed by atoms with van der Waals surface area (Å²) in [6, 6.07) is 0. The quantitative estimate of drug-likeness (QED) is 0.0855. The third-order valence-corrected chi connectivity index (χ3v) is 12.4. The highest BCUT2D eigenvalue weighted by molar-refractivity contribution is 7.20. The minimum Gasteiger partial charge on any atom is -0.328 e. The topological polar surface area (TPSA) is 4.44 Å². The maximum atomic E-state index is 15.4. The Labute approximate surface area is 333 Å². The molecule has 0 aliphatic heterocycles. The molecular formula is C39H30BF20N. The van der Waals surface area contributed by atoms with E-state index in [0.29, 0.717) is 11.1 Å². The summed E-state index contributed by atoms with van der Waals surface area (Å²) in [5, 5.41) is 0. The van der Waals surface area contributed by atoms with Crippen molar-refractivity contribution in [2.75, 3.05) is 7.05 Å². The molecule has 0 bridgehead atoms. The zero-order valence-corrected chi connectivity index (χ0v) is 31.7. The van der Waals surface area contributed by atoms with Crippen molar-refractivity contribution in [3.05, 3.63) is 116 Å². The molecule has 2 aliphatic carbocycles. The molecule has 2 fully saturated rings. The molecule has 0 radical (unpaired) electrons. The highest BCUT2D eigenvalue weighted by atomic mass is 19.2.